The number of carbonyl (C=O) groups excluding carboxylic acids is 3. The largest absolute Gasteiger partial charge is 0.449 e. The first-order chi connectivity index (χ1) is 16.1. The van der Waals surface area contributed by atoms with Gasteiger partial charge in [-0.3, -0.25) is 14.7 Å². The van der Waals surface area contributed by atoms with Crippen LogP contribution in [0.15, 0.2) is 54.9 Å². The highest BCUT2D eigenvalue weighted by Gasteiger charge is 2.48. The Morgan fingerprint density at radius 2 is 1.82 bits per heavy atom. The predicted octanol–water partition coefficient (Wildman–Crippen LogP) is 4.37. The van der Waals surface area contributed by atoms with E-state index in [-0.39, 0.29) is 19.3 Å². The van der Waals surface area contributed by atoms with Crippen LogP contribution in [0.2, 0.25) is 0 Å². The van der Waals surface area contributed by atoms with E-state index in [1.807, 2.05) is 42.5 Å². The number of rotatable bonds is 6. The zero-order chi connectivity index (χ0) is 23.2. The standard InChI is InChI=1S/C24H27N3O5S/c1-2-31-23(29)26(19-9-6-10-19)21(28)20-16-33-22(18-11-13-25-14-12-18)27(20)24(30)32-15-17-7-4-3-5-8-17/h3-5,7-8,11-14,19-20,22H,2,6,9-10,15-16H2,1H3. The van der Waals surface area contributed by atoms with Gasteiger partial charge in [-0.1, -0.05) is 30.3 Å². The molecule has 2 aromatic rings. The number of imide groups is 1. The molecule has 2 heterocycles. The van der Waals surface area contributed by atoms with Crippen molar-refractivity contribution >= 4 is 29.9 Å². The van der Waals surface area contributed by atoms with Gasteiger partial charge in [0.05, 0.1) is 6.61 Å². The highest BCUT2D eigenvalue weighted by molar-refractivity contribution is 7.99. The van der Waals surface area contributed by atoms with Crippen molar-refractivity contribution in [2.45, 2.75) is 50.3 Å². The number of aromatic nitrogens is 1. The molecule has 1 aliphatic carbocycles. The van der Waals surface area contributed by atoms with Crippen molar-refractivity contribution in [3.05, 3.63) is 66.0 Å². The number of hydrogen-bond donors (Lipinski definition) is 0. The maximum atomic E-state index is 13.6. The van der Waals surface area contributed by atoms with Gasteiger partial charge in [0.1, 0.15) is 18.0 Å². The lowest BCUT2D eigenvalue weighted by molar-refractivity contribution is -0.137. The molecule has 174 valence electrons. The fraction of sp³-hybridized carbons (Fsp3) is 0.417. The van der Waals surface area contributed by atoms with Crippen LogP contribution in [0.1, 0.15) is 42.7 Å². The van der Waals surface area contributed by atoms with Crippen molar-refractivity contribution in [2.24, 2.45) is 0 Å². The van der Waals surface area contributed by atoms with Crippen LogP contribution < -0.4 is 0 Å². The van der Waals surface area contributed by atoms with E-state index < -0.39 is 29.5 Å². The van der Waals surface area contributed by atoms with Gasteiger partial charge in [-0.2, -0.15) is 0 Å². The van der Waals surface area contributed by atoms with Crippen molar-refractivity contribution in [3.63, 3.8) is 0 Å². The molecule has 0 radical (unpaired) electrons. The van der Waals surface area contributed by atoms with E-state index in [9.17, 15) is 14.4 Å². The monoisotopic (exact) mass is 469 g/mol. The average Bonchev–Trinajstić information content (AvgIpc) is 3.26. The van der Waals surface area contributed by atoms with E-state index in [1.165, 1.54) is 21.6 Å². The maximum Gasteiger partial charge on any atom is 0.416 e. The average molecular weight is 470 g/mol. The fourth-order valence-corrected chi connectivity index (χ4v) is 5.33. The molecule has 4 rings (SSSR count). The minimum absolute atomic E-state index is 0.0923. The van der Waals surface area contributed by atoms with Crippen LogP contribution in [0, 0.1) is 0 Å². The molecule has 33 heavy (non-hydrogen) atoms. The molecule has 9 heteroatoms. The molecular formula is C24H27N3O5S. The number of ether oxygens (including phenoxy) is 2. The Bertz CT molecular complexity index is 971. The summed E-state index contributed by atoms with van der Waals surface area (Å²) in [7, 11) is 0. The second-order valence-corrected chi connectivity index (χ2v) is 9.03. The van der Waals surface area contributed by atoms with E-state index in [0.717, 1.165) is 30.4 Å². The third-order valence-corrected chi connectivity index (χ3v) is 7.16. The van der Waals surface area contributed by atoms with Crippen molar-refractivity contribution in [1.29, 1.82) is 0 Å². The van der Waals surface area contributed by atoms with Crippen LogP contribution in [-0.4, -0.2) is 57.3 Å². The first kappa shape index (κ1) is 23.1. The number of hydrogen-bond acceptors (Lipinski definition) is 7. The lowest BCUT2D eigenvalue weighted by atomic mass is 9.91. The first-order valence-electron chi connectivity index (χ1n) is 11.1. The van der Waals surface area contributed by atoms with E-state index in [0.29, 0.717) is 5.75 Å². The zero-order valence-electron chi connectivity index (χ0n) is 18.5. The summed E-state index contributed by atoms with van der Waals surface area (Å²) in [6, 6.07) is 12.0. The SMILES string of the molecule is CCOC(=O)N(C(=O)C1CSC(c2ccncc2)N1C(=O)OCc1ccccc1)C1CCC1. The molecule has 0 N–H and O–H groups in total. The van der Waals surface area contributed by atoms with Gasteiger partial charge in [0.15, 0.2) is 0 Å². The smallest absolute Gasteiger partial charge is 0.416 e. The second kappa shape index (κ2) is 10.7. The van der Waals surface area contributed by atoms with E-state index in [1.54, 1.807) is 19.3 Å². The predicted molar refractivity (Wildman–Crippen MR) is 123 cm³/mol. The molecule has 2 fully saturated rings. The van der Waals surface area contributed by atoms with Crippen LogP contribution >= 0.6 is 11.8 Å². The van der Waals surface area contributed by atoms with E-state index in [4.69, 9.17) is 9.47 Å². The summed E-state index contributed by atoms with van der Waals surface area (Å²) < 4.78 is 10.8. The molecule has 2 atom stereocenters. The van der Waals surface area contributed by atoms with Crippen LogP contribution in [0.5, 0.6) is 0 Å². The minimum atomic E-state index is -0.832. The number of nitrogens with zero attached hydrogens (tertiary/aromatic N) is 3. The van der Waals surface area contributed by atoms with Gasteiger partial charge in [0.25, 0.3) is 5.91 Å². The summed E-state index contributed by atoms with van der Waals surface area (Å²) >= 11 is 1.47. The summed E-state index contributed by atoms with van der Waals surface area (Å²) in [6.07, 6.45) is 4.50. The van der Waals surface area contributed by atoms with Crippen LogP contribution in [0.4, 0.5) is 9.59 Å². The van der Waals surface area contributed by atoms with Gasteiger partial charge >= 0.3 is 12.2 Å². The van der Waals surface area contributed by atoms with Crippen molar-refractivity contribution in [1.82, 2.24) is 14.8 Å². The maximum absolute atomic E-state index is 13.6. The van der Waals surface area contributed by atoms with Gasteiger partial charge in [0, 0.05) is 24.2 Å². The molecule has 1 aromatic carbocycles. The summed E-state index contributed by atoms with van der Waals surface area (Å²) in [5.41, 5.74) is 1.69. The lowest BCUT2D eigenvalue weighted by Crippen LogP contribution is -2.56. The molecule has 3 amide bonds. The Hall–Kier alpha value is -3.07. The van der Waals surface area contributed by atoms with E-state index >= 15 is 0 Å². The number of amides is 3. The molecule has 1 aliphatic heterocycles. The number of carbonyl (C=O) groups is 3. The Morgan fingerprint density at radius 3 is 2.45 bits per heavy atom. The lowest BCUT2D eigenvalue weighted by Gasteiger charge is -2.38. The third-order valence-electron chi connectivity index (χ3n) is 5.83. The number of benzene rings is 1. The van der Waals surface area contributed by atoms with Crippen LogP contribution in [0.3, 0.4) is 0 Å². The molecule has 2 unspecified atom stereocenters. The Balaban J connectivity index is 1.58. The molecule has 0 spiro atoms. The number of pyridine rings is 1. The topological polar surface area (TPSA) is 89.0 Å². The molecule has 1 saturated carbocycles. The molecular weight excluding hydrogens is 442 g/mol. The first-order valence-corrected chi connectivity index (χ1v) is 12.2. The van der Waals surface area contributed by atoms with Crippen molar-refractivity contribution in [3.8, 4) is 0 Å². The Morgan fingerprint density at radius 1 is 1.09 bits per heavy atom. The molecule has 0 bridgehead atoms. The van der Waals surface area contributed by atoms with Crippen LogP contribution in [0.25, 0.3) is 0 Å². The summed E-state index contributed by atoms with van der Waals surface area (Å²) in [4.78, 5) is 46.3. The quantitative estimate of drug-likeness (QED) is 0.621. The Labute approximate surface area is 197 Å². The number of thioether (sulfide) groups is 1. The van der Waals surface area contributed by atoms with Gasteiger partial charge in [-0.05, 0) is 49.4 Å². The molecule has 2 aliphatic rings. The Kier molecular flexibility index (Phi) is 7.49. The summed E-state index contributed by atoms with van der Waals surface area (Å²) in [5.74, 6) is -0.0617. The fourth-order valence-electron chi connectivity index (χ4n) is 3.92. The van der Waals surface area contributed by atoms with Gasteiger partial charge in [0.2, 0.25) is 0 Å². The third kappa shape index (κ3) is 5.13. The minimum Gasteiger partial charge on any atom is -0.449 e. The van der Waals surface area contributed by atoms with Crippen molar-refractivity contribution in [2.75, 3.05) is 12.4 Å². The van der Waals surface area contributed by atoms with E-state index in [2.05, 4.69) is 4.98 Å². The molecule has 8 nitrogen and oxygen atoms in total. The van der Waals surface area contributed by atoms with Crippen LogP contribution in [-0.2, 0) is 20.9 Å². The van der Waals surface area contributed by atoms with Gasteiger partial charge in [-0.15, -0.1) is 11.8 Å². The zero-order valence-corrected chi connectivity index (χ0v) is 19.3. The van der Waals surface area contributed by atoms with Crippen molar-refractivity contribution < 1.29 is 23.9 Å². The normalized spacial score (nSPS) is 20.1. The van der Waals surface area contributed by atoms with Gasteiger partial charge < -0.3 is 9.47 Å². The highest BCUT2D eigenvalue weighted by atomic mass is 32.2. The summed E-state index contributed by atoms with van der Waals surface area (Å²) in [6.45, 7) is 1.98. The molecule has 1 saturated heterocycles. The highest BCUT2D eigenvalue weighted by Crippen LogP contribution is 2.43. The molecule has 1 aromatic heterocycles. The summed E-state index contributed by atoms with van der Waals surface area (Å²) in [5, 5.41) is -0.421. The second-order valence-electron chi connectivity index (χ2n) is 7.92. The van der Waals surface area contributed by atoms with Gasteiger partial charge in [-0.25, -0.2) is 14.5 Å².